The summed E-state index contributed by atoms with van der Waals surface area (Å²) in [5, 5.41) is 0. The van der Waals surface area contributed by atoms with E-state index in [4.69, 9.17) is 86.3 Å². The molecule has 0 saturated heterocycles. The van der Waals surface area contributed by atoms with E-state index in [-0.39, 0.29) is 37.7 Å². The van der Waals surface area contributed by atoms with Crippen molar-refractivity contribution in [2.24, 2.45) is 0 Å². The van der Waals surface area contributed by atoms with E-state index in [0.717, 1.165) is 78.4 Å². The van der Waals surface area contributed by atoms with Gasteiger partial charge in [0.15, 0.2) is 0 Å². The van der Waals surface area contributed by atoms with Crippen molar-refractivity contribution in [2.45, 2.75) is 69.2 Å². The van der Waals surface area contributed by atoms with E-state index in [2.05, 4.69) is 56.2 Å². The maximum atomic E-state index is 5.70. The molecule has 0 unspecified atom stereocenters. The first-order valence-electron chi connectivity index (χ1n) is 14.1. The van der Waals surface area contributed by atoms with Crippen molar-refractivity contribution >= 4 is 189 Å². The summed E-state index contributed by atoms with van der Waals surface area (Å²) in [6.07, 6.45) is 0. The van der Waals surface area contributed by atoms with Gasteiger partial charge in [-0.1, -0.05) is 8.64 Å². The van der Waals surface area contributed by atoms with E-state index in [1.165, 1.54) is 0 Å². The fourth-order valence-electron chi connectivity index (χ4n) is 2.95. The van der Waals surface area contributed by atoms with Crippen molar-refractivity contribution in [1.29, 1.82) is 0 Å². The van der Waals surface area contributed by atoms with Crippen LogP contribution >= 0.6 is 86.8 Å². The van der Waals surface area contributed by atoms with Gasteiger partial charge in [0.05, 0.1) is 0 Å². The Morgan fingerprint density at radius 3 is 0.690 bits per heavy atom. The minimum absolute atomic E-state index is 0. The van der Waals surface area contributed by atoms with Gasteiger partial charge >= 0.3 is 226 Å². The Labute approximate surface area is 342 Å². The van der Waals surface area contributed by atoms with Gasteiger partial charge in [0.25, 0.3) is 0 Å². The quantitative estimate of drug-likeness (QED) is 0.107. The molecule has 0 spiro atoms. The van der Waals surface area contributed by atoms with Crippen molar-refractivity contribution in [3.63, 3.8) is 0 Å². The zero-order chi connectivity index (χ0) is 32.5. The molecule has 0 fully saturated rings. The fraction of sp³-hybridized carbons (Fsp3) is 0.800. The average molecular weight is 896 g/mol. The van der Waals surface area contributed by atoms with Gasteiger partial charge in [0.2, 0.25) is 0 Å². The van der Waals surface area contributed by atoms with Crippen LogP contribution in [0.2, 0.25) is 0 Å². The molecule has 0 aliphatic carbocycles. The monoisotopic (exact) mass is 895 g/mol. The van der Waals surface area contributed by atoms with Gasteiger partial charge in [-0.2, -0.15) is 0 Å². The van der Waals surface area contributed by atoms with Gasteiger partial charge in [-0.25, -0.2) is 0 Å². The Balaban J connectivity index is -0.000000346. The first-order valence-corrected chi connectivity index (χ1v) is 31.7. The molecule has 0 aromatic carbocycles. The van der Waals surface area contributed by atoms with Gasteiger partial charge in [-0.3, -0.25) is 0 Å². The molecule has 0 amide bonds. The molecule has 42 heavy (non-hydrogen) atoms. The Kier molecular flexibility index (Phi) is 42.0. The van der Waals surface area contributed by atoms with Crippen LogP contribution in [0.5, 0.6) is 0 Å². The first kappa shape index (κ1) is 51.9. The Morgan fingerprint density at radius 1 is 0.429 bits per heavy atom. The van der Waals surface area contributed by atoms with Crippen molar-refractivity contribution in [1.82, 2.24) is 24.5 Å². The molecule has 0 aromatic heterocycles. The number of hydrogen-bond acceptors (Lipinski definition) is 10. The predicted octanol–water partition coefficient (Wildman–Crippen LogP) is 6.99. The van der Waals surface area contributed by atoms with Gasteiger partial charge in [0, 0.05) is 26.2 Å². The van der Waals surface area contributed by atoms with Crippen molar-refractivity contribution in [2.75, 3.05) is 65.4 Å². The minimum atomic E-state index is -2.27. The number of rotatable bonds is 13. The molecule has 0 saturated carbocycles. The van der Waals surface area contributed by atoms with Crippen LogP contribution in [-0.2, 0) is 25.3 Å². The second-order valence-corrected chi connectivity index (χ2v) is 36.9. The van der Waals surface area contributed by atoms with Crippen LogP contribution in [-0.4, -0.2) is 166 Å². The van der Waals surface area contributed by atoms with Crippen LogP contribution in [0.3, 0.4) is 0 Å². The van der Waals surface area contributed by atoms with Gasteiger partial charge < -0.3 is 59.5 Å². The van der Waals surface area contributed by atoms with E-state index in [1.807, 2.05) is 63.3 Å². The van der Waals surface area contributed by atoms with Gasteiger partial charge in [0.1, 0.15) is 0 Å². The topological polar surface area (TPSA) is 16.2 Å². The summed E-state index contributed by atoms with van der Waals surface area (Å²) in [7, 11) is 5.70. The Bertz CT molecular complexity index is 665. The molecule has 0 aliphatic rings. The van der Waals surface area contributed by atoms with Gasteiger partial charge in [-0.15, -0.1) is 0 Å². The summed E-state index contributed by atoms with van der Waals surface area (Å²) >= 11 is 33.9. The molecule has 0 radical (unpaired) electrons. The molecule has 0 rings (SSSR count). The first-order chi connectivity index (χ1) is 19.3. The van der Waals surface area contributed by atoms with Crippen molar-refractivity contribution < 1.29 is 0 Å². The van der Waals surface area contributed by atoms with E-state index in [1.54, 1.807) is 0 Å². The molecule has 0 bridgehead atoms. The third kappa shape index (κ3) is 25.1. The van der Waals surface area contributed by atoms with E-state index in [0.29, 0.717) is 8.64 Å². The fourth-order valence-corrected chi connectivity index (χ4v) is 43.0. The molecule has 17 heteroatoms. The molecule has 0 heterocycles. The van der Waals surface area contributed by atoms with Crippen LogP contribution in [0.1, 0.15) is 69.2 Å². The van der Waals surface area contributed by atoms with Crippen molar-refractivity contribution in [3.8, 4) is 0 Å². The van der Waals surface area contributed by atoms with Crippen molar-refractivity contribution in [3.05, 3.63) is 0 Å². The summed E-state index contributed by atoms with van der Waals surface area (Å²) in [4.78, 5) is 10.7. The average Bonchev–Trinajstić information content (AvgIpc) is 2.92. The molecule has 0 N–H and O–H groups in total. The normalized spacial score (nSPS) is 9.48. The Hall–Kier alpha value is 3.07. The second kappa shape index (κ2) is 34.0. The summed E-state index contributed by atoms with van der Waals surface area (Å²) in [6, 6.07) is 0. The van der Waals surface area contributed by atoms with Gasteiger partial charge in [-0.05, 0) is 27.7 Å². The van der Waals surface area contributed by atoms with E-state index >= 15 is 0 Å². The Morgan fingerprint density at radius 2 is 0.595 bits per heavy atom. The molecular weight excluding hydrogens is 846 g/mol. The van der Waals surface area contributed by atoms with E-state index in [9.17, 15) is 0 Å². The summed E-state index contributed by atoms with van der Waals surface area (Å²) in [5.41, 5.74) is 0. The number of hydrogen-bond donors (Lipinski definition) is 0. The predicted molar refractivity (Wildman–Crippen MR) is 227 cm³/mol. The largest absolute Gasteiger partial charge is 2.00 e. The molecule has 5 nitrogen and oxygen atoms in total. The van der Waals surface area contributed by atoms with Crippen LogP contribution in [0.25, 0.3) is 0 Å². The minimum Gasteiger partial charge on any atom is 2.00 e. The molecular formula is C25H50CaInN5S10. The number of nitrogens with zero attached hydrogens (tertiary/aromatic N) is 5. The molecule has 0 aromatic rings. The van der Waals surface area contributed by atoms with Crippen LogP contribution in [0.15, 0.2) is 0 Å². The number of thiocarbonyl (C=S) groups is 5. The SMILES string of the molecule is CCN(CC)C(=S)[S-].CCN(CC)C(=S)[S-].CCN(CC)C(=S)[S][In]([S]C(=S)N(CC)CC)[S]C(=S)N(CC)CC.[Ca+2]. The standard InChI is InChI=1S/5C5H11NS2.Ca.In/c5*1-3-6(4-2)5(7)8;;/h5*3-4H2,1-2H3,(H,7,8);;/q;;;;;+2;+3/p-5. The summed E-state index contributed by atoms with van der Waals surface area (Å²) in [6.45, 7) is 30.6. The third-order valence-electron chi connectivity index (χ3n) is 5.70. The maximum absolute atomic E-state index is 5.70. The van der Waals surface area contributed by atoms with Crippen LogP contribution in [0.4, 0.5) is 0 Å². The second-order valence-electron chi connectivity index (χ2n) is 7.83. The zero-order valence-electron chi connectivity index (χ0n) is 27.2. The summed E-state index contributed by atoms with van der Waals surface area (Å²) < 4.78 is 4.19. The molecule has 0 aliphatic heterocycles. The van der Waals surface area contributed by atoms with E-state index < -0.39 is 17.1 Å². The van der Waals surface area contributed by atoms with Crippen LogP contribution in [0, 0.1) is 0 Å². The maximum Gasteiger partial charge on any atom is 2.00 e. The zero-order valence-corrected chi connectivity index (χ0v) is 40.8. The molecule has 0 atom stereocenters. The van der Waals surface area contributed by atoms with Crippen LogP contribution < -0.4 is 0 Å². The smallest absolute Gasteiger partial charge is 2.00 e. The molecule has 240 valence electrons. The third-order valence-corrected chi connectivity index (χ3v) is 37.0. The summed E-state index contributed by atoms with van der Waals surface area (Å²) in [5.74, 6) is 0.